The largest absolute Gasteiger partial charge is 0.361 e. The average Bonchev–Trinajstić information content (AvgIpc) is 2.88. The summed E-state index contributed by atoms with van der Waals surface area (Å²) in [4.78, 5) is 8.55. The molecule has 1 atom stereocenters. The van der Waals surface area contributed by atoms with Gasteiger partial charge in [-0.1, -0.05) is 13.8 Å². The van der Waals surface area contributed by atoms with E-state index in [2.05, 4.69) is 29.1 Å². The summed E-state index contributed by atoms with van der Waals surface area (Å²) in [5, 5.41) is 13.1. The van der Waals surface area contributed by atoms with Crippen LogP contribution in [0.15, 0.2) is 30.9 Å². The van der Waals surface area contributed by atoms with Gasteiger partial charge >= 0.3 is 0 Å². The van der Waals surface area contributed by atoms with E-state index in [1.165, 1.54) is 0 Å². The van der Waals surface area contributed by atoms with Gasteiger partial charge in [-0.15, -0.1) is 0 Å². The molecule has 0 spiro atoms. The smallest absolute Gasteiger partial charge is 0.188 e. The molecule has 108 valence electrons. The highest BCUT2D eigenvalue weighted by Crippen LogP contribution is 2.17. The number of pyridine rings is 1. The van der Waals surface area contributed by atoms with Crippen LogP contribution in [0.1, 0.15) is 32.3 Å². The highest BCUT2D eigenvalue weighted by molar-refractivity contribution is 5.56. The van der Waals surface area contributed by atoms with Gasteiger partial charge in [0.15, 0.2) is 6.35 Å². The monoisotopic (exact) mass is 274 g/mol. The van der Waals surface area contributed by atoms with E-state index in [1.807, 2.05) is 25.3 Å². The van der Waals surface area contributed by atoms with Crippen molar-refractivity contribution >= 4 is 0 Å². The minimum absolute atomic E-state index is 0.617. The molecule has 0 aromatic carbocycles. The number of aliphatic hydroxyl groups is 1. The number of aryl methyl sites for hydroxylation is 1. The molecule has 0 fully saturated rings. The number of nitrogens with zero attached hydrogens (tertiary/aromatic N) is 3. The average molecular weight is 274 g/mol. The predicted octanol–water partition coefficient (Wildman–Crippen LogP) is 2.34. The summed E-state index contributed by atoms with van der Waals surface area (Å²) in [6.45, 7) is 7.05. The van der Waals surface area contributed by atoms with Gasteiger partial charge in [-0.25, -0.2) is 4.98 Å². The van der Waals surface area contributed by atoms with E-state index in [9.17, 15) is 5.11 Å². The molecule has 0 aliphatic carbocycles. The van der Waals surface area contributed by atoms with E-state index in [-0.39, 0.29) is 0 Å². The van der Waals surface area contributed by atoms with Crippen molar-refractivity contribution in [3.8, 4) is 11.3 Å². The van der Waals surface area contributed by atoms with Crippen LogP contribution < -0.4 is 5.32 Å². The van der Waals surface area contributed by atoms with Crippen LogP contribution in [0.25, 0.3) is 11.3 Å². The summed E-state index contributed by atoms with van der Waals surface area (Å²) in [5.41, 5.74) is 2.73. The van der Waals surface area contributed by atoms with Crippen molar-refractivity contribution in [2.75, 3.05) is 6.54 Å². The minimum atomic E-state index is -0.742. The summed E-state index contributed by atoms with van der Waals surface area (Å²) >= 11 is 0. The molecule has 1 unspecified atom stereocenters. The van der Waals surface area contributed by atoms with Crippen molar-refractivity contribution in [3.63, 3.8) is 0 Å². The van der Waals surface area contributed by atoms with Crippen LogP contribution >= 0.6 is 0 Å². The molecule has 0 saturated heterocycles. The standard InChI is InChI=1S/C15H22N4O/c1-11(2)6-7-16-15(20)19-9-14(18-10-19)13-5-4-12(3)17-8-13/h4-5,8-11,15-16,20H,6-7H2,1-3H3. The first-order valence-corrected chi connectivity index (χ1v) is 6.94. The summed E-state index contributed by atoms with van der Waals surface area (Å²) < 4.78 is 1.66. The Hall–Kier alpha value is -1.72. The van der Waals surface area contributed by atoms with E-state index < -0.39 is 6.35 Å². The van der Waals surface area contributed by atoms with Gasteiger partial charge in [-0.2, -0.15) is 0 Å². The molecule has 0 amide bonds. The third-order valence-corrected chi connectivity index (χ3v) is 3.14. The summed E-state index contributed by atoms with van der Waals surface area (Å²) in [5.74, 6) is 0.617. The van der Waals surface area contributed by atoms with Gasteiger partial charge in [0.25, 0.3) is 0 Å². The molecule has 20 heavy (non-hydrogen) atoms. The first-order valence-electron chi connectivity index (χ1n) is 6.94. The molecule has 5 heteroatoms. The zero-order valence-corrected chi connectivity index (χ0v) is 12.2. The predicted molar refractivity (Wildman–Crippen MR) is 78.9 cm³/mol. The lowest BCUT2D eigenvalue weighted by atomic mass is 10.1. The van der Waals surface area contributed by atoms with Crippen LogP contribution in [0, 0.1) is 12.8 Å². The third-order valence-electron chi connectivity index (χ3n) is 3.14. The lowest BCUT2D eigenvalue weighted by molar-refractivity contribution is 0.0666. The highest BCUT2D eigenvalue weighted by atomic mass is 16.3. The van der Waals surface area contributed by atoms with E-state index >= 15 is 0 Å². The molecule has 2 heterocycles. The van der Waals surface area contributed by atoms with Gasteiger partial charge in [0.2, 0.25) is 0 Å². The van der Waals surface area contributed by atoms with Crippen molar-refractivity contribution < 1.29 is 5.11 Å². The zero-order valence-electron chi connectivity index (χ0n) is 12.2. The zero-order chi connectivity index (χ0) is 14.5. The number of rotatable bonds is 6. The number of hydrogen-bond donors (Lipinski definition) is 2. The van der Waals surface area contributed by atoms with Crippen LogP contribution in [-0.2, 0) is 0 Å². The lowest BCUT2D eigenvalue weighted by Crippen LogP contribution is -2.27. The van der Waals surface area contributed by atoms with Gasteiger partial charge in [0, 0.05) is 23.7 Å². The van der Waals surface area contributed by atoms with Gasteiger partial charge < -0.3 is 5.11 Å². The van der Waals surface area contributed by atoms with Crippen LogP contribution in [0.3, 0.4) is 0 Å². The molecular formula is C15H22N4O. The molecular weight excluding hydrogens is 252 g/mol. The number of aromatic nitrogens is 3. The number of imidazole rings is 1. The van der Waals surface area contributed by atoms with Gasteiger partial charge in [-0.05, 0) is 37.9 Å². The van der Waals surface area contributed by atoms with E-state index in [0.29, 0.717) is 5.92 Å². The molecule has 2 N–H and O–H groups in total. The fraction of sp³-hybridized carbons (Fsp3) is 0.467. The fourth-order valence-electron chi connectivity index (χ4n) is 1.85. The number of aliphatic hydroxyl groups excluding tert-OH is 1. The maximum absolute atomic E-state index is 10.0. The molecule has 0 aliphatic heterocycles. The maximum atomic E-state index is 10.0. The van der Waals surface area contributed by atoms with Crippen LogP contribution in [0.5, 0.6) is 0 Å². The number of nitrogens with one attached hydrogen (secondary N) is 1. The first-order chi connectivity index (χ1) is 9.56. The Balaban J connectivity index is 1.99. The van der Waals surface area contributed by atoms with Crippen LogP contribution in [0.2, 0.25) is 0 Å². The Morgan fingerprint density at radius 1 is 1.30 bits per heavy atom. The molecule has 5 nitrogen and oxygen atoms in total. The minimum Gasteiger partial charge on any atom is -0.361 e. The second-order valence-corrected chi connectivity index (χ2v) is 5.40. The summed E-state index contributed by atoms with van der Waals surface area (Å²) in [6, 6.07) is 3.93. The Kier molecular flexibility index (Phi) is 4.87. The van der Waals surface area contributed by atoms with E-state index in [0.717, 1.165) is 29.9 Å². The SMILES string of the molecule is Cc1ccc(-c2cn(C(O)NCCC(C)C)cn2)cn1. The van der Waals surface area contributed by atoms with Gasteiger partial charge in [-0.3, -0.25) is 14.9 Å². The van der Waals surface area contributed by atoms with E-state index in [1.54, 1.807) is 17.1 Å². The second kappa shape index (κ2) is 6.63. The quantitative estimate of drug-likeness (QED) is 0.794. The summed E-state index contributed by atoms with van der Waals surface area (Å²) in [7, 11) is 0. The normalized spacial score (nSPS) is 12.8. The fourth-order valence-corrected chi connectivity index (χ4v) is 1.85. The number of hydrogen-bond acceptors (Lipinski definition) is 4. The van der Waals surface area contributed by atoms with Crippen molar-refractivity contribution in [3.05, 3.63) is 36.5 Å². The molecule has 2 rings (SSSR count). The topological polar surface area (TPSA) is 63.0 Å². The van der Waals surface area contributed by atoms with Crippen molar-refractivity contribution in [2.24, 2.45) is 5.92 Å². The molecule has 0 radical (unpaired) electrons. The highest BCUT2D eigenvalue weighted by Gasteiger charge is 2.08. The second-order valence-electron chi connectivity index (χ2n) is 5.40. The lowest BCUT2D eigenvalue weighted by Gasteiger charge is -2.14. The molecule has 0 aliphatic rings. The Labute approximate surface area is 119 Å². The first kappa shape index (κ1) is 14.7. The Morgan fingerprint density at radius 2 is 2.10 bits per heavy atom. The summed E-state index contributed by atoms with van der Waals surface area (Å²) in [6.07, 6.45) is 5.52. The van der Waals surface area contributed by atoms with Crippen LogP contribution in [0.4, 0.5) is 0 Å². The maximum Gasteiger partial charge on any atom is 0.188 e. The van der Waals surface area contributed by atoms with Gasteiger partial charge in [0.05, 0.1) is 12.0 Å². The Bertz CT molecular complexity index is 533. The van der Waals surface area contributed by atoms with Crippen molar-refractivity contribution in [2.45, 2.75) is 33.5 Å². The molecule has 2 aromatic rings. The van der Waals surface area contributed by atoms with Crippen LogP contribution in [-0.4, -0.2) is 26.2 Å². The molecule has 0 saturated carbocycles. The van der Waals surface area contributed by atoms with Crippen molar-refractivity contribution in [1.29, 1.82) is 0 Å². The molecule has 2 aromatic heterocycles. The van der Waals surface area contributed by atoms with Crippen molar-refractivity contribution in [1.82, 2.24) is 19.9 Å². The molecule has 0 bridgehead atoms. The Morgan fingerprint density at radius 3 is 2.75 bits per heavy atom. The third kappa shape index (κ3) is 3.88. The van der Waals surface area contributed by atoms with E-state index in [4.69, 9.17) is 0 Å². The van der Waals surface area contributed by atoms with Gasteiger partial charge in [0.1, 0.15) is 0 Å².